The third-order valence-electron chi connectivity index (χ3n) is 4.62. The van der Waals surface area contributed by atoms with Crippen LogP contribution in [0.1, 0.15) is 36.6 Å². The minimum absolute atomic E-state index is 0.211. The molecule has 3 aromatic rings. The third-order valence-corrected chi connectivity index (χ3v) is 4.99. The maximum Gasteiger partial charge on any atom is 0.0938 e. The molecule has 0 bridgehead atoms. The Hall–Kier alpha value is -2.17. The molecule has 0 spiro atoms. The number of nitrogens with one attached hydrogen (secondary N) is 1. The first-order valence-electron chi connectivity index (χ1n) is 9.96. The van der Waals surface area contributed by atoms with Crippen LogP contribution in [0.25, 0.3) is 0 Å². The molecule has 0 aromatic heterocycles. The Morgan fingerprint density at radius 3 is 2.00 bits per heavy atom. The summed E-state index contributed by atoms with van der Waals surface area (Å²) in [6.45, 7) is 4.80. The van der Waals surface area contributed by atoms with Gasteiger partial charge >= 0.3 is 0 Å². The summed E-state index contributed by atoms with van der Waals surface area (Å²) < 4.78 is 0. The minimum atomic E-state index is -0.545. The molecule has 0 aliphatic carbocycles. The second kappa shape index (κ2) is 12.4. The standard InChI is InChI=1S/C16H18ClN.C9H13NO/c1-13(11-14-7-3-2-4-8-14)18-12-15-9-5-6-10-16(15)17;1-7(10)9(11)8-5-3-2-4-6-8/h2-10,13,18H,11-12H2,1H3;2-7,9,11H,10H2,1H3/t;7-,9+/m.0/s1. The fraction of sp³-hybridized carbons (Fsp3) is 0.280. The first-order valence-corrected chi connectivity index (χ1v) is 10.3. The van der Waals surface area contributed by atoms with Gasteiger partial charge in [-0.1, -0.05) is 90.5 Å². The van der Waals surface area contributed by atoms with Gasteiger partial charge in [0.1, 0.15) is 0 Å². The lowest BCUT2D eigenvalue weighted by molar-refractivity contribution is 0.153. The first-order chi connectivity index (χ1) is 14.0. The maximum atomic E-state index is 9.47. The van der Waals surface area contributed by atoms with Gasteiger partial charge in [0.25, 0.3) is 0 Å². The van der Waals surface area contributed by atoms with Crippen LogP contribution in [0.2, 0.25) is 5.02 Å². The van der Waals surface area contributed by atoms with E-state index in [-0.39, 0.29) is 6.04 Å². The van der Waals surface area contributed by atoms with Crippen molar-refractivity contribution in [3.63, 3.8) is 0 Å². The fourth-order valence-corrected chi connectivity index (χ4v) is 3.12. The topological polar surface area (TPSA) is 58.3 Å². The van der Waals surface area contributed by atoms with Crippen molar-refractivity contribution in [1.29, 1.82) is 0 Å². The number of aliphatic hydroxyl groups excluding tert-OH is 1. The molecule has 0 saturated carbocycles. The molecule has 4 heteroatoms. The maximum absolute atomic E-state index is 9.47. The van der Waals surface area contributed by atoms with E-state index in [9.17, 15) is 5.11 Å². The molecule has 1 unspecified atom stereocenters. The van der Waals surface area contributed by atoms with Crippen LogP contribution in [0, 0.1) is 0 Å². The average molecular weight is 411 g/mol. The van der Waals surface area contributed by atoms with Crippen molar-refractivity contribution < 1.29 is 5.11 Å². The van der Waals surface area contributed by atoms with Crippen LogP contribution >= 0.6 is 11.6 Å². The van der Waals surface area contributed by atoms with Gasteiger partial charge in [0.2, 0.25) is 0 Å². The van der Waals surface area contributed by atoms with E-state index >= 15 is 0 Å². The molecule has 0 amide bonds. The van der Waals surface area contributed by atoms with E-state index in [1.54, 1.807) is 6.92 Å². The molecule has 0 aliphatic rings. The number of aliphatic hydroxyl groups is 1. The zero-order valence-corrected chi connectivity index (χ0v) is 17.9. The van der Waals surface area contributed by atoms with Gasteiger partial charge in [0.05, 0.1) is 6.10 Å². The highest BCUT2D eigenvalue weighted by atomic mass is 35.5. The van der Waals surface area contributed by atoms with E-state index in [1.807, 2.05) is 54.6 Å². The molecular formula is C25H31ClN2O. The Morgan fingerprint density at radius 2 is 1.41 bits per heavy atom. The van der Waals surface area contributed by atoms with Crippen molar-refractivity contribution in [2.24, 2.45) is 5.73 Å². The predicted octanol–water partition coefficient (Wildman–Crippen LogP) is 5.13. The molecule has 3 nitrogen and oxygen atoms in total. The fourth-order valence-electron chi connectivity index (χ4n) is 2.92. The Kier molecular flexibility index (Phi) is 9.89. The van der Waals surface area contributed by atoms with Crippen molar-refractivity contribution >= 4 is 11.6 Å². The van der Waals surface area contributed by atoms with E-state index in [1.165, 1.54) is 5.56 Å². The van der Waals surface area contributed by atoms with Gasteiger partial charge in [-0.15, -0.1) is 0 Å². The molecule has 0 aliphatic heterocycles. The summed E-state index contributed by atoms with van der Waals surface area (Å²) in [5, 5.41) is 13.8. The summed E-state index contributed by atoms with van der Waals surface area (Å²) in [4.78, 5) is 0. The van der Waals surface area contributed by atoms with E-state index < -0.39 is 6.10 Å². The quantitative estimate of drug-likeness (QED) is 0.506. The molecule has 0 saturated heterocycles. The SMILES string of the molecule is CC(Cc1ccccc1)NCc1ccccc1Cl.C[C@H](N)[C@@H](O)c1ccccc1. The summed E-state index contributed by atoms with van der Waals surface area (Å²) in [7, 11) is 0. The second-order valence-electron chi connectivity index (χ2n) is 7.28. The summed E-state index contributed by atoms with van der Waals surface area (Å²) >= 11 is 6.13. The lowest BCUT2D eigenvalue weighted by atomic mass is 10.0. The number of benzene rings is 3. The molecule has 0 radical (unpaired) electrons. The van der Waals surface area contributed by atoms with Crippen molar-refractivity contribution in [3.05, 3.63) is 107 Å². The lowest BCUT2D eigenvalue weighted by Gasteiger charge is -2.14. The van der Waals surface area contributed by atoms with Crippen molar-refractivity contribution in [2.75, 3.05) is 0 Å². The molecular weight excluding hydrogens is 380 g/mol. The van der Waals surface area contributed by atoms with Gasteiger partial charge in [-0.05, 0) is 43.0 Å². The number of nitrogens with two attached hydrogens (primary N) is 1. The molecule has 4 N–H and O–H groups in total. The Labute approximate surface area is 179 Å². The molecule has 3 rings (SSSR count). The van der Waals surface area contributed by atoms with Crippen molar-refractivity contribution in [1.82, 2.24) is 5.32 Å². The van der Waals surface area contributed by atoms with Crippen LogP contribution in [-0.4, -0.2) is 17.2 Å². The van der Waals surface area contributed by atoms with Crippen LogP contribution in [-0.2, 0) is 13.0 Å². The molecule has 154 valence electrons. The number of halogens is 1. The van der Waals surface area contributed by atoms with Crippen LogP contribution < -0.4 is 11.1 Å². The van der Waals surface area contributed by atoms with Gasteiger partial charge in [-0.25, -0.2) is 0 Å². The highest BCUT2D eigenvalue weighted by Crippen LogP contribution is 2.15. The van der Waals surface area contributed by atoms with Crippen LogP contribution in [0.4, 0.5) is 0 Å². The molecule has 0 heterocycles. The van der Waals surface area contributed by atoms with Gasteiger partial charge in [0, 0.05) is 23.7 Å². The van der Waals surface area contributed by atoms with E-state index in [0.29, 0.717) is 6.04 Å². The van der Waals surface area contributed by atoms with Gasteiger partial charge in [0.15, 0.2) is 0 Å². The highest BCUT2D eigenvalue weighted by Gasteiger charge is 2.10. The second-order valence-corrected chi connectivity index (χ2v) is 7.68. The van der Waals surface area contributed by atoms with Crippen LogP contribution in [0.3, 0.4) is 0 Å². The minimum Gasteiger partial charge on any atom is -0.387 e. The Balaban J connectivity index is 0.000000234. The Bertz CT molecular complexity index is 824. The number of hydrogen-bond donors (Lipinski definition) is 3. The van der Waals surface area contributed by atoms with E-state index in [4.69, 9.17) is 17.3 Å². The Morgan fingerprint density at radius 1 is 0.862 bits per heavy atom. The van der Waals surface area contributed by atoms with Gasteiger partial charge < -0.3 is 16.2 Å². The summed E-state index contributed by atoms with van der Waals surface area (Å²) in [5.74, 6) is 0. The summed E-state index contributed by atoms with van der Waals surface area (Å²) in [5.41, 5.74) is 8.91. The molecule has 3 atom stereocenters. The van der Waals surface area contributed by atoms with Crippen molar-refractivity contribution in [2.45, 2.75) is 45.0 Å². The molecule has 3 aromatic carbocycles. The average Bonchev–Trinajstić information content (AvgIpc) is 2.74. The molecule has 0 fully saturated rings. The van der Waals surface area contributed by atoms with Crippen LogP contribution in [0.5, 0.6) is 0 Å². The van der Waals surface area contributed by atoms with Gasteiger partial charge in [-0.2, -0.15) is 0 Å². The first kappa shape index (κ1) is 23.1. The van der Waals surface area contributed by atoms with Crippen LogP contribution in [0.15, 0.2) is 84.9 Å². The van der Waals surface area contributed by atoms with E-state index in [2.05, 4.69) is 42.6 Å². The summed E-state index contributed by atoms with van der Waals surface area (Å²) in [6, 6.07) is 28.1. The van der Waals surface area contributed by atoms with Crippen molar-refractivity contribution in [3.8, 4) is 0 Å². The largest absolute Gasteiger partial charge is 0.387 e. The third kappa shape index (κ3) is 8.38. The monoisotopic (exact) mass is 410 g/mol. The summed E-state index contributed by atoms with van der Waals surface area (Å²) in [6.07, 6.45) is 0.488. The zero-order valence-electron chi connectivity index (χ0n) is 17.1. The number of hydrogen-bond acceptors (Lipinski definition) is 3. The number of rotatable bonds is 7. The lowest BCUT2D eigenvalue weighted by Crippen LogP contribution is -2.27. The van der Waals surface area contributed by atoms with E-state index in [0.717, 1.165) is 29.1 Å². The normalized spacial score (nSPS) is 13.7. The zero-order chi connectivity index (χ0) is 21.1. The van der Waals surface area contributed by atoms with Gasteiger partial charge in [-0.3, -0.25) is 0 Å². The molecule has 29 heavy (non-hydrogen) atoms. The smallest absolute Gasteiger partial charge is 0.0938 e. The highest BCUT2D eigenvalue weighted by molar-refractivity contribution is 6.31. The predicted molar refractivity (Wildman–Crippen MR) is 123 cm³/mol.